The Morgan fingerprint density at radius 1 is 1.32 bits per heavy atom. The van der Waals surface area contributed by atoms with Crippen molar-refractivity contribution in [2.45, 2.75) is 12.5 Å². The Labute approximate surface area is 133 Å². The first-order valence-electron chi connectivity index (χ1n) is 7.19. The number of nitrogens with two attached hydrogens (primary N) is 1. The number of hydrogen-bond donors (Lipinski definition) is 2. The molecule has 0 spiro atoms. The van der Waals surface area contributed by atoms with Crippen molar-refractivity contribution in [2.24, 2.45) is 12.8 Å². The monoisotopic (exact) mass is 313 g/mol. The Bertz CT molecular complexity index is 719. The average molecular weight is 313 g/mol. The molecule has 0 aliphatic heterocycles. The molecule has 3 N–H and O–H groups in total. The zero-order chi connectivity index (χ0) is 15.4. The van der Waals surface area contributed by atoms with E-state index < -0.39 is 0 Å². The van der Waals surface area contributed by atoms with Crippen LogP contribution < -0.4 is 11.1 Å². The lowest BCUT2D eigenvalue weighted by molar-refractivity contribution is 0.726. The van der Waals surface area contributed by atoms with Crippen molar-refractivity contribution in [3.8, 4) is 11.4 Å². The first kappa shape index (κ1) is 14.7. The molecule has 0 fully saturated rings. The van der Waals surface area contributed by atoms with Gasteiger partial charge in [0.2, 0.25) is 0 Å². The lowest BCUT2D eigenvalue weighted by atomic mass is 10.1. The molecule has 3 rings (SSSR count). The van der Waals surface area contributed by atoms with Gasteiger partial charge in [-0.1, -0.05) is 30.3 Å². The Kier molecular flexibility index (Phi) is 4.50. The molecule has 22 heavy (non-hydrogen) atoms. The molecular formula is C16H19N5S. The molecule has 0 aliphatic carbocycles. The van der Waals surface area contributed by atoms with Gasteiger partial charge in [0.25, 0.3) is 0 Å². The van der Waals surface area contributed by atoms with E-state index >= 15 is 0 Å². The van der Waals surface area contributed by atoms with Crippen molar-refractivity contribution in [2.75, 3.05) is 11.9 Å². The number of anilines is 1. The summed E-state index contributed by atoms with van der Waals surface area (Å²) in [5, 5.41) is 10.8. The average Bonchev–Trinajstić information content (AvgIpc) is 3.16. The quantitative estimate of drug-likeness (QED) is 0.734. The molecule has 0 saturated carbocycles. The highest BCUT2D eigenvalue weighted by molar-refractivity contribution is 7.14. The van der Waals surface area contributed by atoms with Gasteiger partial charge in [0.1, 0.15) is 6.33 Å². The molecule has 0 bridgehead atoms. The predicted molar refractivity (Wildman–Crippen MR) is 90.9 cm³/mol. The van der Waals surface area contributed by atoms with E-state index in [0.29, 0.717) is 6.54 Å². The summed E-state index contributed by atoms with van der Waals surface area (Å²) in [5.74, 6) is 0.872. The van der Waals surface area contributed by atoms with E-state index in [2.05, 4.69) is 51.1 Å². The van der Waals surface area contributed by atoms with Crippen molar-refractivity contribution in [3.63, 3.8) is 0 Å². The summed E-state index contributed by atoms with van der Waals surface area (Å²) in [6, 6.07) is 12.7. The number of aryl methyl sites for hydroxylation is 1. The minimum absolute atomic E-state index is 0.216. The molecule has 0 radical (unpaired) electrons. The number of benzene rings is 1. The topological polar surface area (TPSA) is 68.8 Å². The van der Waals surface area contributed by atoms with Gasteiger partial charge in [-0.3, -0.25) is 0 Å². The van der Waals surface area contributed by atoms with Crippen LogP contribution in [0.4, 0.5) is 5.00 Å². The molecule has 0 aliphatic rings. The first-order valence-corrected chi connectivity index (χ1v) is 8.07. The standard InChI is InChI=1S/C16H19N5S/c1-21-16(18-11-19-21)13-8-15(22-10-13)20-14(9-17)7-12-5-3-2-4-6-12/h2-6,8,10-11,14,20H,7,9,17H2,1H3/t14-/m0/s1. The molecule has 6 heteroatoms. The van der Waals surface area contributed by atoms with Gasteiger partial charge in [-0.05, 0) is 18.1 Å². The molecule has 3 aromatic rings. The zero-order valence-electron chi connectivity index (χ0n) is 12.4. The van der Waals surface area contributed by atoms with Crippen molar-refractivity contribution >= 4 is 16.3 Å². The molecule has 1 atom stereocenters. The molecule has 0 amide bonds. The van der Waals surface area contributed by atoms with Gasteiger partial charge in [0.15, 0.2) is 5.82 Å². The van der Waals surface area contributed by atoms with E-state index in [1.54, 1.807) is 22.3 Å². The third kappa shape index (κ3) is 3.35. The van der Waals surface area contributed by atoms with Gasteiger partial charge in [-0.15, -0.1) is 11.3 Å². The SMILES string of the molecule is Cn1ncnc1-c1csc(N[C@H](CN)Cc2ccccc2)c1. The smallest absolute Gasteiger partial charge is 0.158 e. The van der Waals surface area contributed by atoms with Gasteiger partial charge >= 0.3 is 0 Å². The van der Waals surface area contributed by atoms with E-state index in [0.717, 1.165) is 22.8 Å². The molecule has 0 saturated heterocycles. The third-order valence-corrected chi connectivity index (χ3v) is 4.39. The van der Waals surface area contributed by atoms with Crippen molar-refractivity contribution in [1.29, 1.82) is 0 Å². The van der Waals surface area contributed by atoms with Crippen LogP contribution in [0.2, 0.25) is 0 Å². The molecular weight excluding hydrogens is 294 g/mol. The number of nitrogens with zero attached hydrogens (tertiary/aromatic N) is 3. The molecule has 0 unspecified atom stereocenters. The Morgan fingerprint density at radius 2 is 2.14 bits per heavy atom. The van der Waals surface area contributed by atoms with E-state index in [1.165, 1.54) is 5.56 Å². The number of hydrogen-bond acceptors (Lipinski definition) is 5. The lowest BCUT2D eigenvalue weighted by Crippen LogP contribution is -2.30. The summed E-state index contributed by atoms with van der Waals surface area (Å²) in [7, 11) is 1.89. The summed E-state index contributed by atoms with van der Waals surface area (Å²) >= 11 is 1.66. The van der Waals surface area contributed by atoms with Crippen LogP contribution in [-0.2, 0) is 13.5 Å². The van der Waals surface area contributed by atoms with E-state index in [-0.39, 0.29) is 6.04 Å². The van der Waals surface area contributed by atoms with E-state index in [9.17, 15) is 0 Å². The van der Waals surface area contributed by atoms with Gasteiger partial charge in [0, 0.05) is 30.6 Å². The second kappa shape index (κ2) is 6.72. The van der Waals surface area contributed by atoms with Crippen molar-refractivity contribution < 1.29 is 0 Å². The summed E-state index contributed by atoms with van der Waals surface area (Å²) in [4.78, 5) is 4.27. The minimum atomic E-state index is 0.216. The van der Waals surface area contributed by atoms with Crippen molar-refractivity contribution in [1.82, 2.24) is 14.8 Å². The highest BCUT2D eigenvalue weighted by atomic mass is 32.1. The zero-order valence-corrected chi connectivity index (χ0v) is 13.3. The Balaban J connectivity index is 1.69. The minimum Gasteiger partial charge on any atom is -0.373 e. The normalized spacial score (nSPS) is 12.3. The number of aromatic nitrogens is 3. The molecule has 1 aromatic carbocycles. The van der Waals surface area contributed by atoms with Crippen LogP contribution in [0.1, 0.15) is 5.56 Å². The molecule has 114 valence electrons. The summed E-state index contributed by atoms with van der Waals surface area (Å²) in [6.45, 7) is 0.589. The highest BCUT2D eigenvalue weighted by Crippen LogP contribution is 2.28. The van der Waals surface area contributed by atoms with Crippen LogP contribution in [0.25, 0.3) is 11.4 Å². The van der Waals surface area contributed by atoms with E-state index in [4.69, 9.17) is 5.73 Å². The third-order valence-electron chi connectivity index (χ3n) is 3.52. The van der Waals surface area contributed by atoms with Gasteiger partial charge < -0.3 is 11.1 Å². The fourth-order valence-corrected chi connectivity index (χ4v) is 3.24. The lowest BCUT2D eigenvalue weighted by Gasteiger charge is -2.16. The Morgan fingerprint density at radius 3 is 2.82 bits per heavy atom. The maximum atomic E-state index is 5.91. The Hall–Kier alpha value is -2.18. The number of nitrogens with one attached hydrogen (secondary N) is 1. The molecule has 2 heterocycles. The van der Waals surface area contributed by atoms with Crippen molar-refractivity contribution in [3.05, 3.63) is 53.7 Å². The van der Waals surface area contributed by atoms with Crippen LogP contribution in [0.3, 0.4) is 0 Å². The largest absolute Gasteiger partial charge is 0.373 e. The van der Waals surface area contributed by atoms with Crippen LogP contribution in [0.15, 0.2) is 48.1 Å². The molecule has 2 aromatic heterocycles. The first-order chi connectivity index (χ1) is 10.8. The number of rotatable bonds is 6. The maximum absolute atomic E-state index is 5.91. The maximum Gasteiger partial charge on any atom is 0.158 e. The van der Waals surface area contributed by atoms with Gasteiger partial charge in [-0.2, -0.15) is 5.10 Å². The van der Waals surface area contributed by atoms with E-state index in [1.807, 2.05) is 13.1 Å². The summed E-state index contributed by atoms with van der Waals surface area (Å²) < 4.78 is 1.77. The second-order valence-electron chi connectivity index (χ2n) is 5.17. The fourth-order valence-electron chi connectivity index (χ4n) is 2.38. The van der Waals surface area contributed by atoms with Crippen LogP contribution >= 0.6 is 11.3 Å². The fraction of sp³-hybridized carbons (Fsp3) is 0.250. The number of thiophene rings is 1. The summed E-state index contributed by atoms with van der Waals surface area (Å²) in [6.07, 6.45) is 2.48. The van der Waals surface area contributed by atoms with Crippen LogP contribution in [0.5, 0.6) is 0 Å². The molecule has 5 nitrogen and oxygen atoms in total. The summed E-state index contributed by atoms with van der Waals surface area (Å²) in [5.41, 5.74) is 8.27. The highest BCUT2D eigenvalue weighted by Gasteiger charge is 2.11. The van der Waals surface area contributed by atoms with Crippen LogP contribution in [-0.4, -0.2) is 27.4 Å². The predicted octanol–water partition coefficient (Wildman–Crippen LogP) is 2.53. The van der Waals surface area contributed by atoms with Gasteiger partial charge in [0.05, 0.1) is 5.00 Å². The van der Waals surface area contributed by atoms with Crippen LogP contribution in [0, 0.1) is 0 Å². The second-order valence-corrected chi connectivity index (χ2v) is 6.08. The van der Waals surface area contributed by atoms with Gasteiger partial charge in [-0.25, -0.2) is 9.67 Å².